The highest BCUT2D eigenvalue weighted by atomic mass is 19.1. The van der Waals surface area contributed by atoms with E-state index in [1.54, 1.807) is 38.1 Å². The van der Waals surface area contributed by atoms with Crippen LogP contribution in [-0.2, 0) is 0 Å². The van der Waals surface area contributed by atoms with Crippen molar-refractivity contribution in [2.45, 2.75) is 51.3 Å². The number of hydrogen-bond donors (Lipinski definition) is 1. The average molecular weight is 512 g/mol. The van der Waals surface area contributed by atoms with E-state index in [2.05, 4.69) is 9.74 Å². The van der Waals surface area contributed by atoms with Gasteiger partial charge in [-0.15, -0.1) is 0 Å². The lowest BCUT2D eigenvalue weighted by Gasteiger charge is -2.34. The number of carbonyl (C=O) groups excluding carboxylic acids is 1. The van der Waals surface area contributed by atoms with Crippen LogP contribution in [0.1, 0.15) is 49.9 Å². The summed E-state index contributed by atoms with van der Waals surface area (Å²) in [6.45, 7) is 14.1. The number of piperidine rings is 2. The van der Waals surface area contributed by atoms with Crippen LogP contribution in [0, 0.1) is 18.3 Å². The van der Waals surface area contributed by atoms with Crippen molar-refractivity contribution in [1.29, 1.82) is 0 Å². The van der Waals surface area contributed by atoms with Gasteiger partial charge in [0.25, 0.3) is 5.91 Å². The average Bonchev–Trinajstić information content (AvgIpc) is 2.87. The van der Waals surface area contributed by atoms with E-state index in [0.717, 1.165) is 25.9 Å². The third-order valence-corrected chi connectivity index (χ3v) is 7.08. The number of ether oxygens (including phenoxy) is 1. The van der Waals surface area contributed by atoms with Crippen molar-refractivity contribution < 1.29 is 23.4 Å². The Morgan fingerprint density at radius 2 is 1.84 bits per heavy atom. The molecule has 2 heterocycles. The summed E-state index contributed by atoms with van der Waals surface area (Å²) in [4.78, 5) is 20.0. The predicted octanol–water partition coefficient (Wildman–Crippen LogP) is 5.48. The molecule has 1 amide bonds. The molecule has 1 atom stereocenters. The van der Waals surface area contributed by atoms with E-state index in [4.69, 9.17) is 11.3 Å². The standard InChI is InChI=1S/C29H35F2N3O3/c1-29(2,31)19-33-13-10-20(11-14-33)18-37-27-9-7-22(16-26(27)32-3)21-6-8-24(25(30)15-21)28(36)34-12-4-5-23(35)17-34/h6-9,15-16,20,23,35H,4-5,10-14,17-19H2,1-2H3/t23-/m1/s1. The van der Waals surface area contributed by atoms with Crippen LogP contribution in [0.25, 0.3) is 16.0 Å². The van der Waals surface area contributed by atoms with E-state index in [9.17, 15) is 18.7 Å². The molecule has 6 nitrogen and oxygen atoms in total. The first kappa shape index (κ1) is 27.0. The number of benzene rings is 2. The van der Waals surface area contributed by atoms with E-state index in [-0.39, 0.29) is 12.1 Å². The lowest BCUT2D eigenvalue weighted by Crippen LogP contribution is -2.42. The highest BCUT2D eigenvalue weighted by molar-refractivity contribution is 5.95. The molecule has 2 aromatic carbocycles. The fraction of sp³-hybridized carbons (Fsp3) is 0.517. The number of likely N-dealkylation sites (tertiary alicyclic amines) is 2. The van der Waals surface area contributed by atoms with Crippen LogP contribution in [0.3, 0.4) is 0 Å². The third-order valence-electron chi connectivity index (χ3n) is 7.08. The van der Waals surface area contributed by atoms with Crippen LogP contribution in [0.5, 0.6) is 5.75 Å². The number of hydrogen-bond acceptors (Lipinski definition) is 4. The molecular weight excluding hydrogens is 476 g/mol. The van der Waals surface area contributed by atoms with Gasteiger partial charge in [0.15, 0.2) is 0 Å². The molecule has 1 N–H and O–H groups in total. The summed E-state index contributed by atoms with van der Waals surface area (Å²) in [6.07, 6.45) is 2.60. The first-order valence-electron chi connectivity index (χ1n) is 13.0. The van der Waals surface area contributed by atoms with Crippen molar-refractivity contribution in [3.8, 4) is 16.9 Å². The van der Waals surface area contributed by atoms with Crippen molar-refractivity contribution in [2.24, 2.45) is 5.92 Å². The van der Waals surface area contributed by atoms with Gasteiger partial charge in [-0.2, -0.15) is 0 Å². The number of β-amino-alcohol motifs (C(OH)–C–C–N with tert-alkyl or cyclic N) is 1. The lowest BCUT2D eigenvalue weighted by molar-refractivity contribution is 0.0470. The first-order valence-corrected chi connectivity index (χ1v) is 13.0. The van der Waals surface area contributed by atoms with Gasteiger partial charge in [0.1, 0.15) is 17.2 Å². The summed E-state index contributed by atoms with van der Waals surface area (Å²) >= 11 is 0. The molecule has 2 aliphatic heterocycles. The molecule has 37 heavy (non-hydrogen) atoms. The lowest BCUT2D eigenvalue weighted by atomic mass is 9.96. The molecule has 8 heteroatoms. The highest BCUT2D eigenvalue weighted by Crippen LogP contribution is 2.34. The van der Waals surface area contributed by atoms with E-state index < -0.39 is 23.5 Å². The number of aliphatic hydroxyl groups is 1. The van der Waals surface area contributed by atoms with Crippen molar-refractivity contribution in [3.63, 3.8) is 0 Å². The topological polar surface area (TPSA) is 57.4 Å². The van der Waals surface area contributed by atoms with Gasteiger partial charge in [0.2, 0.25) is 5.69 Å². The summed E-state index contributed by atoms with van der Waals surface area (Å²) in [5.41, 5.74) is 0.339. The molecule has 2 fully saturated rings. The van der Waals surface area contributed by atoms with Gasteiger partial charge < -0.3 is 19.6 Å². The Bertz CT molecular complexity index is 1150. The number of nitrogens with zero attached hydrogens (tertiary/aromatic N) is 3. The molecule has 2 aliphatic rings. The second-order valence-electron chi connectivity index (χ2n) is 10.8. The second-order valence-corrected chi connectivity index (χ2v) is 10.8. The van der Waals surface area contributed by atoms with E-state index >= 15 is 0 Å². The smallest absolute Gasteiger partial charge is 0.256 e. The predicted molar refractivity (Wildman–Crippen MR) is 139 cm³/mol. The van der Waals surface area contributed by atoms with Crippen molar-refractivity contribution in [1.82, 2.24) is 9.80 Å². The molecule has 2 aromatic rings. The molecule has 0 aliphatic carbocycles. The van der Waals surface area contributed by atoms with Gasteiger partial charge in [-0.05, 0) is 93.9 Å². The minimum absolute atomic E-state index is 0.0238. The Balaban J connectivity index is 1.38. The number of rotatable bonds is 7. The number of amides is 1. The maximum absolute atomic E-state index is 14.9. The minimum atomic E-state index is -1.20. The monoisotopic (exact) mass is 511 g/mol. The molecule has 0 spiro atoms. The molecular formula is C29H35F2N3O3. The zero-order valence-electron chi connectivity index (χ0n) is 21.6. The van der Waals surface area contributed by atoms with Gasteiger partial charge in [-0.1, -0.05) is 12.1 Å². The highest BCUT2D eigenvalue weighted by Gasteiger charge is 2.27. The van der Waals surface area contributed by atoms with Crippen molar-refractivity contribution >= 4 is 11.6 Å². The summed E-state index contributed by atoms with van der Waals surface area (Å²) < 4.78 is 34.8. The fourth-order valence-electron chi connectivity index (χ4n) is 5.13. The summed E-state index contributed by atoms with van der Waals surface area (Å²) in [5, 5.41) is 9.83. The number of carbonyl (C=O) groups is 1. The van der Waals surface area contributed by atoms with Gasteiger partial charge in [-0.25, -0.2) is 13.6 Å². The molecule has 0 radical (unpaired) electrons. The van der Waals surface area contributed by atoms with Gasteiger partial charge in [0.05, 0.1) is 24.8 Å². The summed E-state index contributed by atoms with van der Waals surface area (Å²) in [7, 11) is 0. The van der Waals surface area contributed by atoms with Gasteiger partial charge in [-0.3, -0.25) is 4.79 Å². The first-order chi connectivity index (χ1) is 17.6. The van der Waals surface area contributed by atoms with E-state index in [1.165, 1.54) is 17.0 Å². The number of halogens is 2. The van der Waals surface area contributed by atoms with E-state index in [0.29, 0.717) is 61.0 Å². The molecule has 0 bridgehead atoms. The Hall–Kier alpha value is -3.02. The van der Waals surface area contributed by atoms with Crippen LogP contribution in [0.2, 0.25) is 0 Å². The Morgan fingerprint density at radius 3 is 2.49 bits per heavy atom. The van der Waals surface area contributed by atoms with Crippen LogP contribution >= 0.6 is 0 Å². The quantitative estimate of drug-likeness (QED) is 0.501. The van der Waals surface area contributed by atoms with Gasteiger partial charge in [0, 0.05) is 19.6 Å². The second kappa shape index (κ2) is 11.6. The largest absolute Gasteiger partial charge is 0.504 e. The fourth-order valence-corrected chi connectivity index (χ4v) is 5.13. The molecule has 0 aromatic heterocycles. The summed E-state index contributed by atoms with van der Waals surface area (Å²) in [6, 6.07) is 9.64. The maximum atomic E-state index is 14.9. The van der Waals surface area contributed by atoms with Crippen molar-refractivity contribution in [3.05, 3.63) is 59.2 Å². The minimum Gasteiger partial charge on any atom is -0.504 e. The molecule has 198 valence electrons. The Kier molecular flexibility index (Phi) is 8.46. The molecule has 2 saturated heterocycles. The van der Waals surface area contributed by atoms with Crippen molar-refractivity contribution in [2.75, 3.05) is 39.3 Å². The molecule has 0 saturated carbocycles. The zero-order chi connectivity index (χ0) is 26.6. The number of aliphatic hydroxyl groups excluding tert-OH is 1. The SMILES string of the molecule is [C-]#[N+]c1cc(-c2ccc(C(=O)N3CCC[C@@H](O)C3)c(F)c2)ccc1OCC1CCN(CC(C)(C)F)CC1. The van der Waals surface area contributed by atoms with Crippen LogP contribution < -0.4 is 4.74 Å². The normalized spacial score (nSPS) is 19.5. The van der Waals surface area contributed by atoms with E-state index in [1.807, 2.05) is 0 Å². The number of alkyl halides is 1. The zero-order valence-corrected chi connectivity index (χ0v) is 21.6. The Morgan fingerprint density at radius 1 is 1.14 bits per heavy atom. The molecule has 0 unspecified atom stereocenters. The summed E-state index contributed by atoms with van der Waals surface area (Å²) in [5.74, 6) is -0.221. The van der Waals surface area contributed by atoms with Gasteiger partial charge >= 0.3 is 0 Å². The van der Waals surface area contributed by atoms with Crippen LogP contribution in [-0.4, -0.2) is 71.9 Å². The maximum Gasteiger partial charge on any atom is 0.256 e. The Labute approximate surface area is 217 Å². The molecule has 4 rings (SSSR count). The van der Waals surface area contributed by atoms with Crippen LogP contribution in [0.4, 0.5) is 14.5 Å². The van der Waals surface area contributed by atoms with Crippen LogP contribution in [0.15, 0.2) is 36.4 Å². The third kappa shape index (κ3) is 7.06.